The molecule has 0 fully saturated rings. The smallest absolute Gasteiger partial charge is 0.320 e. The molecule has 0 atom stereocenters. The van der Waals surface area contributed by atoms with Gasteiger partial charge in [0, 0.05) is 6.67 Å². The lowest BCUT2D eigenvalue weighted by Crippen LogP contribution is -2.29. The minimum Gasteiger partial charge on any atom is -0.460 e. The van der Waals surface area contributed by atoms with Crippen LogP contribution in [0.4, 0.5) is 0 Å². The van der Waals surface area contributed by atoms with Crippen LogP contribution in [0.25, 0.3) is 0 Å². The highest BCUT2D eigenvalue weighted by atomic mass is 16.5. The van der Waals surface area contributed by atoms with E-state index in [1.807, 2.05) is 30.3 Å². The highest BCUT2D eigenvalue weighted by Gasteiger charge is 2.00. The fraction of sp³-hybridized carbons (Fsp3) is 0.300. The second-order valence-corrected chi connectivity index (χ2v) is 2.78. The average molecular weight is 194 g/mol. The molecule has 0 saturated carbocycles. The summed E-state index contributed by atoms with van der Waals surface area (Å²) >= 11 is 0. The van der Waals surface area contributed by atoms with Crippen molar-refractivity contribution in [1.82, 2.24) is 5.32 Å². The molecule has 0 saturated heterocycles. The maximum Gasteiger partial charge on any atom is 0.320 e. The Labute approximate surface area is 83.1 Å². The van der Waals surface area contributed by atoms with Gasteiger partial charge in [0.05, 0.1) is 6.54 Å². The van der Waals surface area contributed by atoms with Gasteiger partial charge in [0.1, 0.15) is 6.61 Å². The van der Waals surface area contributed by atoms with Crippen LogP contribution in [0.15, 0.2) is 30.3 Å². The number of hydrogen-bond donors (Lipinski definition) is 2. The van der Waals surface area contributed by atoms with Gasteiger partial charge in [-0.25, -0.2) is 0 Å². The number of carbonyl (C=O) groups is 1. The average Bonchev–Trinajstić information content (AvgIpc) is 2.25. The van der Waals surface area contributed by atoms with E-state index in [1.54, 1.807) is 0 Å². The Morgan fingerprint density at radius 2 is 2.07 bits per heavy atom. The fourth-order valence-electron chi connectivity index (χ4n) is 0.963. The molecule has 0 aliphatic rings. The minimum atomic E-state index is -0.292. The van der Waals surface area contributed by atoms with Gasteiger partial charge in [0.25, 0.3) is 0 Å². The molecule has 0 radical (unpaired) electrons. The molecule has 0 aliphatic carbocycles. The van der Waals surface area contributed by atoms with Gasteiger partial charge in [-0.05, 0) is 5.56 Å². The van der Waals surface area contributed by atoms with E-state index in [2.05, 4.69) is 5.32 Å². The van der Waals surface area contributed by atoms with Gasteiger partial charge in [-0.15, -0.1) is 0 Å². The first-order chi connectivity index (χ1) is 6.83. The van der Waals surface area contributed by atoms with Crippen molar-refractivity contribution < 1.29 is 9.53 Å². The van der Waals surface area contributed by atoms with Crippen molar-refractivity contribution in [1.29, 1.82) is 0 Å². The first-order valence-corrected chi connectivity index (χ1v) is 4.43. The molecule has 3 N–H and O–H groups in total. The first-order valence-electron chi connectivity index (χ1n) is 4.43. The Morgan fingerprint density at radius 1 is 1.36 bits per heavy atom. The molecule has 0 unspecified atom stereocenters. The van der Waals surface area contributed by atoms with E-state index in [9.17, 15) is 4.79 Å². The van der Waals surface area contributed by atoms with E-state index < -0.39 is 0 Å². The van der Waals surface area contributed by atoms with E-state index in [0.29, 0.717) is 6.61 Å². The molecule has 0 aromatic heterocycles. The lowest BCUT2D eigenvalue weighted by Gasteiger charge is -2.04. The van der Waals surface area contributed by atoms with E-state index in [1.165, 1.54) is 0 Å². The van der Waals surface area contributed by atoms with Crippen molar-refractivity contribution in [2.45, 2.75) is 6.61 Å². The molecule has 1 rings (SSSR count). The molecular formula is C10H14N2O2. The zero-order valence-electron chi connectivity index (χ0n) is 7.90. The minimum absolute atomic E-state index is 0.156. The van der Waals surface area contributed by atoms with Crippen molar-refractivity contribution in [2.75, 3.05) is 13.2 Å². The summed E-state index contributed by atoms with van der Waals surface area (Å²) in [4.78, 5) is 11.0. The molecular weight excluding hydrogens is 180 g/mol. The number of nitrogens with one attached hydrogen (secondary N) is 1. The van der Waals surface area contributed by atoms with Crippen molar-refractivity contribution in [3.63, 3.8) is 0 Å². The van der Waals surface area contributed by atoms with Crippen LogP contribution in [0.2, 0.25) is 0 Å². The molecule has 76 valence electrons. The van der Waals surface area contributed by atoms with Crippen molar-refractivity contribution in [3.05, 3.63) is 35.9 Å². The summed E-state index contributed by atoms with van der Waals surface area (Å²) in [6.07, 6.45) is 0. The van der Waals surface area contributed by atoms with Gasteiger partial charge in [-0.2, -0.15) is 0 Å². The zero-order valence-corrected chi connectivity index (χ0v) is 7.90. The predicted octanol–water partition coefficient (Wildman–Crippen LogP) is 0.236. The maximum atomic E-state index is 11.0. The summed E-state index contributed by atoms with van der Waals surface area (Å²) in [6, 6.07) is 9.54. The third-order valence-electron chi connectivity index (χ3n) is 1.66. The Kier molecular flexibility index (Phi) is 4.68. The van der Waals surface area contributed by atoms with E-state index in [-0.39, 0.29) is 19.2 Å². The molecule has 0 bridgehead atoms. The zero-order chi connectivity index (χ0) is 10.2. The molecule has 1 aromatic carbocycles. The highest BCUT2D eigenvalue weighted by Crippen LogP contribution is 1.99. The molecule has 0 amide bonds. The van der Waals surface area contributed by atoms with E-state index in [0.717, 1.165) is 5.56 Å². The first kappa shape index (κ1) is 10.7. The summed E-state index contributed by atoms with van der Waals surface area (Å²) in [7, 11) is 0. The largest absolute Gasteiger partial charge is 0.460 e. The van der Waals surface area contributed by atoms with Gasteiger partial charge < -0.3 is 10.5 Å². The third-order valence-corrected chi connectivity index (χ3v) is 1.66. The second kappa shape index (κ2) is 6.12. The van der Waals surface area contributed by atoms with Crippen molar-refractivity contribution >= 4 is 5.97 Å². The SMILES string of the molecule is NCNCC(=O)OCc1ccccc1. The summed E-state index contributed by atoms with van der Waals surface area (Å²) < 4.78 is 4.97. The molecule has 0 heterocycles. The van der Waals surface area contributed by atoms with Crippen LogP contribution in [0, 0.1) is 0 Å². The Bertz CT molecular complexity index is 275. The quantitative estimate of drug-likeness (QED) is 0.520. The maximum absolute atomic E-state index is 11.0. The molecule has 0 aliphatic heterocycles. The Hall–Kier alpha value is -1.39. The number of hydrogen-bond acceptors (Lipinski definition) is 4. The summed E-state index contributed by atoms with van der Waals surface area (Å²) in [6.45, 7) is 0.746. The highest BCUT2D eigenvalue weighted by molar-refractivity contribution is 5.71. The van der Waals surface area contributed by atoms with Crippen LogP contribution >= 0.6 is 0 Å². The standard InChI is InChI=1S/C10H14N2O2/c11-8-12-6-10(13)14-7-9-4-2-1-3-5-9/h1-5,12H,6-8,11H2. The van der Waals surface area contributed by atoms with E-state index >= 15 is 0 Å². The molecule has 4 heteroatoms. The van der Waals surface area contributed by atoms with Crippen molar-refractivity contribution in [2.24, 2.45) is 5.73 Å². The van der Waals surface area contributed by atoms with E-state index in [4.69, 9.17) is 10.5 Å². The molecule has 4 nitrogen and oxygen atoms in total. The van der Waals surface area contributed by atoms with Crippen LogP contribution in [-0.4, -0.2) is 19.2 Å². The molecule has 0 spiro atoms. The third kappa shape index (κ3) is 4.02. The van der Waals surface area contributed by atoms with Gasteiger partial charge in [0.2, 0.25) is 0 Å². The Morgan fingerprint density at radius 3 is 2.71 bits per heavy atom. The number of rotatable bonds is 5. The number of benzene rings is 1. The van der Waals surface area contributed by atoms with Crippen molar-refractivity contribution in [3.8, 4) is 0 Å². The predicted molar refractivity (Wildman–Crippen MR) is 53.3 cm³/mol. The van der Waals surface area contributed by atoms with Crippen LogP contribution in [0.1, 0.15) is 5.56 Å². The summed E-state index contributed by atoms with van der Waals surface area (Å²) in [5, 5.41) is 2.69. The lowest BCUT2D eigenvalue weighted by molar-refractivity contribution is -0.143. The summed E-state index contributed by atoms with van der Waals surface area (Å²) in [5.41, 5.74) is 6.15. The van der Waals surface area contributed by atoms with Crippen LogP contribution < -0.4 is 11.1 Å². The van der Waals surface area contributed by atoms with Crippen LogP contribution in [0.3, 0.4) is 0 Å². The number of ether oxygens (including phenoxy) is 1. The second-order valence-electron chi connectivity index (χ2n) is 2.78. The van der Waals surface area contributed by atoms with Gasteiger partial charge in [0.15, 0.2) is 0 Å². The topological polar surface area (TPSA) is 64.3 Å². The number of esters is 1. The normalized spacial score (nSPS) is 9.79. The van der Waals surface area contributed by atoms with Gasteiger partial charge in [-0.3, -0.25) is 10.1 Å². The number of carbonyl (C=O) groups excluding carboxylic acids is 1. The van der Waals surface area contributed by atoms with Crippen LogP contribution in [-0.2, 0) is 16.1 Å². The van der Waals surface area contributed by atoms with Gasteiger partial charge >= 0.3 is 5.97 Å². The Balaban J connectivity index is 2.24. The molecule has 14 heavy (non-hydrogen) atoms. The van der Waals surface area contributed by atoms with Gasteiger partial charge in [-0.1, -0.05) is 30.3 Å². The summed E-state index contributed by atoms with van der Waals surface area (Å²) in [5.74, 6) is -0.292. The fourth-order valence-corrected chi connectivity index (χ4v) is 0.963. The molecule has 1 aromatic rings. The lowest BCUT2D eigenvalue weighted by atomic mass is 10.2. The van der Waals surface area contributed by atoms with Crippen LogP contribution in [0.5, 0.6) is 0 Å². The number of nitrogens with two attached hydrogens (primary N) is 1. The monoisotopic (exact) mass is 194 g/mol.